The predicted octanol–water partition coefficient (Wildman–Crippen LogP) is 3.15. The van der Waals surface area contributed by atoms with Crippen molar-refractivity contribution in [3.63, 3.8) is 0 Å². The summed E-state index contributed by atoms with van der Waals surface area (Å²) in [5.74, 6) is 0.771. The van der Waals surface area contributed by atoms with Crippen LogP contribution in [0.4, 0.5) is 0 Å². The van der Waals surface area contributed by atoms with Gasteiger partial charge in [-0.25, -0.2) is 0 Å². The molecular formula is C21H29NO4. The van der Waals surface area contributed by atoms with Crippen LogP contribution in [0.1, 0.15) is 29.7 Å². The van der Waals surface area contributed by atoms with Crippen molar-refractivity contribution in [2.24, 2.45) is 0 Å². The molecule has 0 unspecified atom stereocenters. The molecule has 0 radical (unpaired) electrons. The summed E-state index contributed by atoms with van der Waals surface area (Å²) in [4.78, 5) is 2.27. The molecule has 1 aliphatic heterocycles. The van der Waals surface area contributed by atoms with Crippen LogP contribution in [0.25, 0.3) is 0 Å². The van der Waals surface area contributed by atoms with E-state index in [-0.39, 0.29) is 12.7 Å². The molecule has 1 N–H and O–H groups in total. The van der Waals surface area contributed by atoms with Gasteiger partial charge in [0, 0.05) is 26.2 Å². The van der Waals surface area contributed by atoms with Gasteiger partial charge in [0.15, 0.2) is 0 Å². The van der Waals surface area contributed by atoms with Crippen molar-refractivity contribution in [2.45, 2.75) is 45.1 Å². The Morgan fingerprint density at radius 3 is 2.81 bits per heavy atom. The molecule has 26 heavy (non-hydrogen) atoms. The second-order valence-corrected chi connectivity index (χ2v) is 7.06. The van der Waals surface area contributed by atoms with Crippen LogP contribution in [0.2, 0.25) is 0 Å². The van der Waals surface area contributed by atoms with E-state index < -0.39 is 6.10 Å². The van der Waals surface area contributed by atoms with E-state index in [1.54, 1.807) is 6.26 Å². The van der Waals surface area contributed by atoms with E-state index in [2.05, 4.69) is 36.1 Å². The van der Waals surface area contributed by atoms with E-state index in [1.807, 2.05) is 12.1 Å². The smallest absolute Gasteiger partial charge is 0.129 e. The maximum absolute atomic E-state index is 10.4. The molecule has 1 aromatic carbocycles. The molecular weight excluding hydrogens is 330 g/mol. The number of hydrogen-bond donors (Lipinski definition) is 1. The highest BCUT2D eigenvalue weighted by Gasteiger charge is 2.21. The summed E-state index contributed by atoms with van der Waals surface area (Å²) in [7, 11) is 0. The van der Waals surface area contributed by atoms with Crippen LogP contribution >= 0.6 is 0 Å². The van der Waals surface area contributed by atoms with E-state index in [0.717, 1.165) is 38.3 Å². The third-order valence-corrected chi connectivity index (χ3v) is 4.62. The van der Waals surface area contributed by atoms with Crippen LogP contribution in [0, 0.1) is 6.92 Å². The molecule has 1 saturated heterocycles. The van der Waals surface area contributed by atoms with Gasteiger partial charge in [-0.3, -0.25) is 4.90 Å². The van der Waals surface area contributed by atoms with Gasteiger partial charge in [0.25, 0.3) is 0 Å². The van der Waals surface area contributed by atoms with Crippen molar-refractivity contribution >= 4 is 0 Å². The maximum atomic E-state index is 10.4. The summed E-state index contributed by atoms with van der Waals surface area (Å²) in [6, 6.07) is 12.3. The highest BCUT2D eigenvalue weighted by molar-refractivity contribution is 5.21. The first kappa shape index (κ1) is 19.1. The van der Waals surface area contributed by atoms with E-state index in [1.165, 1.54) is 11.1 Å². The maximum Gasteiger partial charge on any atom is 0.129 e. The molecule has 0 amide bonds. The average molecular weight is 359 g/mol. The molecule has 1 aromatic heterocycles. The zero-order valence-corrected chi connectivity index (χ0v) is 15.5. The van der Waals surface area contributed by atoms with Crippen molar-refractivity contribution in [1.82, 2.24) is 4.90 Å². The van der Waals surface area contributed by atoms with E-state index in [9.17, 15) is 5.11 Å². The first-order valence-electron chi connectivity index (χ1n) is 9.37. The number of benzene rings is 1. The average Bonchev–Trinajstić information content (AvgIpc) is 3.31. The molecule has 2 atom stereocenters. The van der Waals surface area contributed by atoms with Crippen LogP contribution in [0.15, 0.2) is 47.1 Å². The fraction of sp³-hybridized carbons (Fsp3) is 0.524. The van der Waals surface area contributed by atoms with Crippen LogP contribution in [-0.4, -0.2) is 48.5 Å². The van der Waals surface area contributed by atoms with Gasteiger partial charge in [0.05, 0.1) is 25.1 Å². The lowest BCUT2D eigenvalue weighted by Crippen LogP contribution is -2.39. The normalized spacial score (nSPS) is 18.5. The minimum Gasteiger partial charge on any atom is -0.467 e. The van der Waals surface area contributed by atoms with Gasteiger partial charge in [-0.05, 0) is 37.5 Å². The summed E-state index contributed by atoms with van der Waals surface area (Å²) in [5.41, 5.74) is 2.50. The van der Waals surface area contributed by atoms with Crippen molar-refractivity contribution < 1.29 is 19.0 Å². The van der Waals surface area contributed by atoms with Gasteiger partial charge in [0.1, 0.15) is 12.4 Å². The number of rotatable bonds is 10. The SMILES string of the molecule is Cc1ccc(CN(C[C@@H](O)COCc2ccco2)C[C@@H]2CCCO2)cc1. The molecule has 1 aliphatic rings. The largest absolute Gasteiger partial charge is 0.467 e. The predicted molar refractivity (Wildman–Crippen MR) is 99.8 cm³/mol. The Kier molecular flexibility index (Phi) is 7.26. The number of furan rings is 1. The molecule has 0 aliphatic carbocycles. The van der Waals surface area contributed by atoms with Crippen molar-refractivity contribution in [3.8, 4) is 0 Å². The molecule has 5 heteroatoms. The Bertz CT molecular complexity index is 620. The Morgan fingerprint density at radius 2 is 2.12 bits per heavy atom. The third-order valence-electron chi connectivity index (χ3n) is 4.62. The van der Waals surface area contributed by atoms with Gasteiger partial charge >= 0.3 is 0 Å². The molecule has 5 nitrogen and oxygen atoms in total. The van der Waals surface area contributed by atoms with Crippen LogP contribution < -0.4 is 0 Å². The fourth-order valence-electron chi connectivity index (χ4n) is 3.27. The van der Waals surface area contributed by atoms with Crippen LogP contribution in [0.5, 0.6) is 0 Å². The number of nitrogens with zero attached hydrogens (tertiary/aromatic N) is 1. The standard InChI is InChI=1S/C21H29NO4/c1-17-6-8-18(9-7-17)12-22(14-20-4-2-10-25-20)13-19(23)15-24-16-21-5-3-11-26-21/h3,5-9,11,19-20,23H,2,4,10,12-16H2,1H3/t19-,20+/m1/s1. The highest BCUT2D eigenvalue weighted by atomic mass is 16.5. The molecule has 0 saturated carbocycles. The van der Waals surface area contributed by atoms with Gasteiger partial charge in [-0.15, -0.1) is 0 Å². The van der Waals surface area contributed by atoms with Crippen molar-refractivity contribution in [1.29, 1.82) is 0 Å². The van der Waals surface area contributed by atoms with Gasteiger partial charge in [-0.2, -0.15) is 0 Å². The third kappa shape index (κ3) is 6.25. The zero-order chi connectivity index (χ0) is 18.2. The van der Waals surface area contributed by atoms with E-state index in [0.29, 0.717) is 13.2 Å². The number of aliphatic hydroxyl groups is 1. The van der Waals surface area contributed by atoms with E-state index in [4.69, 9.17) is 13.9 Å². The quantitative estimate of drug-likeness (QED) is 0.706. The van der Waals surface area contributed by atoms with Crippen molar-refractivity contribution in [2.75, 3.05) is 26.3 Å². The first-order chi connectivity index (χ1) is 12.7. The Morgan fingerprint density at radius 1 is 1.27 bits per heavy atom. The Labute approximate surface area is 155 Å². The zero-order valence-electron chi connectivity index (χ0n) is 15.5. The topological polar surface area (TPSA) is 55.1 Å². The minimum absolute atomic E-state index is 0.261. The fourth-order valence-corrected chi connectivity index (χ4v) is 3.27. The molecule has 2 aromatic rings. The summed E-state index contributed by atoms with van der Waals surface area (Å²) >= 11 is 0. The lowest BCUT2D eigenvalue weighted by atomic mass is 10.1. The number of aryl methyl sites for hydroxylation is 1. The second kappa shape index (κ2) is 9.88. The Hall–Kier alpha value is -1.66. The molecule has 3 rings (SSSR count). The van der Waals surface area contributed by atoms with Crippen molar-refractivity contribution in [3.05, 3.63) is 59.5 Å². The lowest BCUT2D eigenvalue weighted by Gasteiger charge is -2.27. The number of ether oxygens (including phenoxy) is 2. The van der Waals surface area contributed by atoms with Crippen LogP contribution in [0.3, 0.4) is 0 Å². The molecule has 2 heterocycles. The molecule has 0 bridgehead atoms. The number of aliphatic hydroxyl groups excluding tert-OH is 1. The summed E-state index contributed by atoms with van der Waals surface area (Å²) in [6.45, 7) is 5.81. The van der Waals surface area contributed by atoms with Gasteiger partial charge in [-0.1, -0.05) is 29.8 Å². The molecule has 0 spiro atoms. The van der Waals surface area contributed by atoms with Gasteiger partial charge in [0.2, 0.25) is 0 Å². The Balaban J connectivity index is 1.50. The molecule has 1 fully saturated rings. The summed E-state index contributed by atoms with van der Waals surface area (Å²) in [5, 5.41) is 10.4. The van der Waals surface area contributed by atoms with Crippen LogP contribution in [-0.2, 0) is 22.6 Å². The summed E-state index contributed by atoms with van der Waals surface area (Å²) in [6.07, 6.45) is 3.56. The lowest BCUT2D eigenvalue weighted by molar-refractivity contribution is -0.00635. The second-order valence-electron chi connectivity index (χ2n) is 7.06. The number of hydrogen-bond acceptors (Lipinski definition) is 5. The molecule has 142 valence electrons. The minimum atomic E-state index is -0.545. The van der Waals surface area contributed by atoms with E-state index >= 15 is 0 Å². The first-order valence-corrected chi connectivity index (χ1v) is 9.37. The highest BCUT2D eigenvalue weighted by Crippen LogP contribution is 2.16. The van der Waals surface area contributed by atoms with Gasteiger partial charge < -0.3 is 19.0 Å². The summed E-state index contributed by atoms with van der Waals surface area (Å²) < 4.78 is 16.6. The monoisotopic (exact) mass is 359 g/mol.